The molecule has 9 heteroatoms. The largest absolute Gasteiger partial charge is 0.394 e. The van der Waals surface area contributed by atoms with Gasteiger partial charge in [0.2, 0.25) is 0 Å². The molecule has 2 aliphatic rings. The number of fused-ring (bicyclic) bond motifs is 2. The van der Waals surface area contributed by atoms with Gasteiger partial charge in [0, 0.05) is 12.8 Å². The Morgan fingerprint density at radius 3 is 2.92 bits per heavy atom. The van der Waals surface area contributed by atoms with Crippen molar-refractivity contribution in [2.24, 2.45) is 0 Å². The molecule has 2 fully saturated rings. The van der Waals surface area contributed by atoms with Crippen LogP contribution >= 0.6 is 0 Å². The van der Waals surface area contributed by atoms with Crippen LogP contribution in [-0.2, 0) is 14.2 Å². The highest BCUT2D eigenvalue weighted by Crippen LogP contribution is 2.45. The predicted octanol–water partition coefficient (Wildman–Crippen LogP) is 0.212. The molecule has 25 heavy (non-hydrogen) atoms. The second kappa shape index (κ2) is 5.93. The molecule has 2 saturated heterocycles. The Balaban J connectivity index is 1.68. The summed E-state index contributed by atoms with van der Waals surface area (Å²) < 4.78 is 19.9. The number of nitrogens with zero attached hydrogens (tertiary/aromatic N) is 4. The van der Waals surface area contributed by atoms with Crippen LogP contribution in [0.1, 0.15) is 26.0 Å². The number of aromatic nitrogens is 4. The topological polar surface area (TPSA) is 118 Å². The van der Waals surface area contributed by atoms with Crippen molar-refractivity contribution >= 4 is 17.0 Å². The van der Waals surface area contributed by atoms with E-state index in [4.69, 9.17) is 26.4 Å². The van der Waals surface area contributed by atoms with Crippen molar-refractivity contribution in [3.63, 3.8) is 0 Å². The maximum atomic E-state index is 9.67. The summed E-state index contributed by atoms with van der Waals surface area (Å²) in [6.45, 7) is 1.66. The summed E-state index contributed by atoms with van der Waals surface area (Å²) in [5.41, 5.74) is 6.87. The van der Waals surface area contributed by atoms with Crippen LogP contribution in [0.2, 0.25) is 0 Å². The SMILES string of the molecule is C#CCCC1(C)O[C@@H]2[C@@H](CO)OC(n3cnc4c(N)ncnc43)[C@@H]2O1. The number of hydrogen-bond acceptors (Lipinski definition) is 8. The van der Waals surface area contributed by atoms with Crippen molar-refractivity contribution in [3.05, 3.63) is 12.7 Å². The van der Waals surface area contributed by atoms with Gasteiger partial charge in [-0.2, -0.15) is 0 Å². The van der Waals surface area contributed by atoms with Gasteiger partial charge >= 0.3 is 0 Å². The van der Waals surface area contributed by atoms with Crippen molar-refractivity contribution in [1.29, 1.82) is 0 Å². The summed E-state index contributed by atoms with van der Waals surface area (Å²) in [4.78, 5) is 12.4. The van der Waals surface area contributed by atoms with Crippen LogP contribution in [0.3, 0.4) is 0 Å². The van der Waals surface area contributed by atoms with Gasteiger partial charge in [0.15, 0.2) is 23.5 Å². The number of terminal acetylenes is 1. The van der Waals surface area contributed by atoms with Crippen LogP contribution in [0, 0.1) is 12.3 Å². The highest BCUT2D eigenvalue weighted by Gasteiger charge is 2.57. The number of hydrogen-bond donors (Lipinski definition) is 2. The van der Waals surface area contributed by atoms with Gasteiger partial charge in [-0.25, -0.2) is 15.0 Å². The Bertz CT molecular complexity index is 834. The predicted molar refractivity (Wildman–Crippen MR) is 86.9 cm³/mol. The maximum Gasteiger partial charge on any atom is 0.167 e. The van der Waals surface area contributed by atoms with Gasteiger partial charge in [-0.3, -0.25) is 4.57 Å². The van der Waals surface area contributed by atoms with E-state index < -0.39 is 30.3 Å². The zero-order chi connectivity index (χ0) is 17.6. The molecule has 9 nitrogen and oxygen atoms in total. The molecule has 3 N–H and O–H groups in total. The highest BCUT2D eigenvalue weighted by atomic mass is 16.8. The highest BCUT2D eigenvalue weighted by molar-refractivity contribution is 5.81. The molecule has 0 amide bonds. The lowest BCUT2D eigenvalue weighted by Gasteiger charge is -2.27. The summed E-state index contributed by atoms with van der Waals surface area (Å²) in [5.74, 6) is 2.07. The first-order chi connectivity index (χ1) is 12.1. The third-order valence-corrected chi connectivity index (χ3v) is 4.62. The molecule has 0 saturated carbocycles. The van der Waals surface area contributed by atoms with E-state index in [1.807, 2.05) is 6.92 Å². The summed E-state index contributed by atoms with van der Waals surface area (Å²) >= 11 is 0. The molecule has 0 radical (unpaired) electrons. The van der Waals surface area contributed by atoms with Gasteiger partial charge in [0.1, 0.15) is 30.2 Å². The van der Waals surface area contributed by atoms with E-state index in [2.05, 4.69) is 20.9 Å². The third-order valence-electron chi connectivity index (χ3n) is 4.62. The fourth-order valence-electron chi connectivity index (χ4n) is 3.42. The second-order valence-electron chi connectivity index (χ2n) is 6.33. The van der Waals surface area contributed by atoms with Crippen molar-refractivity contribution in [2.75, 3.05) is 12.3 Å². The Hall–Kier alpha value is -2.25. The lowest BCUT2D eigenvalue weighted by atomic mass is 10.1. The van der Waals surface area contributed by atoms with Crippen molar-refractivity contribution < 1.29 is 19.3 Å². The minimum atomic E-state index is -0.818. The molecular formula is C16H19N5O4. The Morgan fingerprint density at radius 2 is 2.16 bits per heavy atom. The maximum absolute atomic E-state index is 9.67. The standard InChI is InChI=1S/C16H19N5O4/c1-3-4-5-16(2)24-11-9(6-22)23-15(12(11)25-16)21-8-20-10-13(17)18-7-19-14(10)21/h1,7-9,11-12,15,22H,4-6H2,2H3,(H2,17,18,19)/t9-,11-,12-,15?,16?/m1/s1. The van der Waals surface area contributed by atoms with Gasteiger partial charge in [0.25, 0.3) is 0 Å². The normalized spacial score (nSPS) is 34.3. The van der Waals surface area contributed by atoms with E-state index in [9.17, 15) is 5.11 Å². The van der Waals surface area contributed by atoms with Crippen LogP contribution in [0.4, 0.5) is 5.82 Å². The van der Waals surface area contributed by atoms with Crippen LogP contribution in [0.25, 0.3) is 11.2 Å². The summed E-state index contributed by atoms with van der Waals surface area (Å²) in [7, 11) is 0. The van der Waals surface area contributed by atoms with Crippen LogP contribution in [-0.4, -0.2) is 55.3 Å². The molecule has 2 aromatic rings. The minimum Gasteiger partial charge on any atom is -0.394 e. The molecule has 0 spiro atoms. The molecule has 0 aromatic carbocycles. The fraction of sp³-hybridized carbons (Fsp3) is 0.562. The first-order valence-corrected chi connectivity index (χ1v) is 8.05. The fourth-order valence-corrected chi connectivity index (χ4v) is 3.42. The Kier molecular flexibility index (Phi) is 3.85. The summed E-state index contributed by atoms with van der Waals surface area (Å²) in [6, 6.07) is 0. The number of ether oxygens (including phenoxy) is 3. The molecule has 4 heterocycles. The molecular weight excluding hydrogens is 326 g/mol. The van der Waals surface area contributed by atoms with E-state index in [-0.39, 0.29) is 6.61 Å². The molecule has 2 aliphatic heterocycles. The number of nitrogens with two attached hydrogens (primary N) is 1. The first-order valence-electron chi connectivity index (χ1n) is 8.05. The number of nitrogen functional groups attached to an aromatic ring is 1. The third kappa shape index (κ3) is 2.54. The van der Waals surface area contributed by atoms with Gasteiger partial charge < -0.3 is 25.1 Å². The number of anilines is 1. The lowest BCUT2D eigenvalue weighted by Crippen LogP contribution is -2.33. The minimum absolute atomic E-state index is 0.185. The second-order valence-corrected chi connectivity index (χ2v) is 6.33. The monoisotopic (exact) mass is 345 g/mol. The Labute approximate surface area is 144 Å². The molecule has 0 aliphatic carbocycles. The zero-order valence-corrected chi connectivity index (χ0v) is 13.7. The van der Waals surface area contributed by atoms with Crippen LogP contribution < -0.4 is 5.73 Å². The van der Waals surface area contributed by atoms with Crippen LogP contribution in [0.5, 0.6) is 0 Å². The van der Waals surface area contributed by atoms with E-state index >= 15 is 0 Å². The average Bonchev–Trinajstić information content (AvgIpc) is 3.25. The van der Waals surface area contributed by atoms with Crippen LogP contribution in [0.15, 0.2) is 12.7 Å². The summed E-state index contributed by atoms with van der Waals surface area (Å²) in [6.07, 6.45) is 7.50. The van der Waals surface area contributed by atoms with E-state index in [0.29, 0.717) is 29.8 Å². The van der Waals surface area contributed by atoms with Gasteiger partial charge in [-0.1, -0.05) is 0 Å². The van der Waals surface area contributed by atoms with Crippen molar-refractivity contribution in [1.82, 2.24) is 19.5 Å². The first kappa shape index (κ1) is 16.2. The molecule has 2 unspecified atom stereocenters. The molecule has 0 bridgehead atoms. The Morgan fingerprint density at radius 1 is 1.36 bits per heavy atom. The van der Waals surface area contributed by atoms with Crippen molar-refractivity contribution in [3.8, 4) is 12.3 Å². The molecule has 5 atom stereocenters. The summed E-state index contributed by atoms with van der Waals surface area (Å²) in [5, 5.41) is 9.67. The van der Waals surface area contributed by atoms with Crippen molar-refractivity contribution in [2.45, 2.75) is 50.1 Å². The zero-order valence-electron chi connectivity index (χ0n) is 13.7. The smallest absolute Gasteiger partial charge is 0.167 e. The molecule has 132 valence electrons. The lowest BCUT2D eigenvalue weighted by molar-refractivity contribution is -0.212. The molecule has 4 rings (SSSR count). The quantitative estimate of drug-likeness (QED) is 0.755. The number of aliphatic hydroxyl groups excluding tert-OH is 1. The van der Waals surface area contributed by atoms with E-state index in [1.54, 1.807) is 10.9 Å². The number of aliphatic hydroxyl groups is 1. The molecule has 2 aromatic heterocycles. The average molecular weight is 345 g/mol. The number of imidazole rings is 1. The number of rotatable bonds is 4. The van der Waals surface area contributed by atoms with E-state index in [0.717, 1.165) is 0 Å². The van der Waals surface area contributed by atoms with E-state index in [1.165, 1.54) is 6.33 Å². The van der Waals surface area contributed by atoms with Gasteiger partial charge in [-0.05, 0) is 6.92 Å². The van der Waals surface area contributed by atoms with Gasteiger partial charge in [-0.15, -0.1) is 12.3 Å². The van der Waals surface area contributed by atoms with Gasteiger partial charge in [0.05, 0.1) is 12.9 Å².